The summed E-state index contributed by atoms with van der Waals surface area (Å²) in [6.07, 6.45) is 3.03. The number of carbonyl (C=O) groups is 2. The molecule has 0 spiro atoms. The number of aryl methyl sites for hydroxylation is 1. The molecule has 180 valence electrons. The van der Waals surface area contributed by atoms with Gasteiger partial charge in [0.2, 0.25) is 5.91 Å². The molecule has 3 heterocycles. The van der Waals surface area contributed by atoms with Crippen LogP contribution in [0.2, 0.25) is 0 Å². The van der Waals surface area contributed by atoms with E-state index in [2.05, 4.69) is 5.10 Å². The van der Waals surface area contributed by atoms with Crippen LogP contribution in [0.5, 0.6) is 0 Å². The van der Waals surface area contributed by atoms with Gasteiger partial charge in [0.1, 0.15) is 12.1 Å². The lowest BCUT2D eigenvalue weighted by molar-refractivity contribution is -0.133. The topological polar surface area (TPSA) is 80.4 Å². The average Bonchev–Trinajstić information content (AvgIpc) is 3.20. The molecule has 35 heavy (non-hydrogen) atoms. The summed E-state index contributed by atoms with van der Waals surface area (Å²) in [7, 11) is 1.81. The molecule has 2 aromatic carbocycles. The third-order valence-corrected chi connectivity index (χ3v) is 6.83. The van der Waals surface area contributed by atoms with Crippen LogP contribution in [0.15, 0.2) is 59.4 Å². The highest BCUT2D eigenvalue weighted by atomic mass is 16.2. The lowest BCUT2D eigenvalue weighted by Gasteiger charge is -2.27. The monoisotopic (exact) mass is 471 g/mol. The van der Waals surface area contributed by atoms with Gasteiger partial charge >= 0.3 is 0 Å². The van der Waals surface area contributed by atoms with Crippen LogP contribution in [-0.2, 0) is 18.4 Å². The number of benzene rings is 2. The van der Waals surface area contributed by atoms with Gasteiger partial charge in [-0.25, -0.2) is 4.68 Å². The first kappa shape index (κ1) is 22.8. The van der Waals surface area contributed by atoms with Crippen molar-refractivity contribution in [2.45, 2.75) is 32.7 Å². The lowest BCUT2D eigenvalue weighted by Crippen LogP contribution is -2.41. The SMILES string of the molecule is CCN(C(=O)c1nn(CC(=O)N2CCCCC2)c(=O)c2c1c1ccccc1n2C)c1ccccc1. The van der Waals surface area contributed by atoms with Gasteiger partial charge in [0.05, 0.1) is 0 Å². The first-order valence-corrected chi connectivity index (χ1v) is 12.1. The van der Waals surface area contributed by atoms with Crippen LogP contribution in [0.1, 0.15) is 36.7 Å². The van der Waals surface area contributed by atoms with E-state index in [4.69, 9.17) is 0 Å². The predicted octanol–water partition coefficient (Wildman–Crippen LogP) is 3.57. The molecule has 1 aliphatic rings. The van der Waals surface area contributed by atoms with Gasteiger partial charge < -0.3 is 14.4 Å². The van der Waals surface area contributed by atoms with Crippen molar-refractivity contribution in [1.29, 1.82) is 0 Å². The summed E-state index contributed by atoms with van der Waals surface area (Å²) in [5, 5.41) is 5.86. The Hall–Kier alpha value is -3.94. The smallest absolute Gasteiger partial charge is 0.291 e. The molecular weight excluding hydrogens is 442 g/mol. The molecule has 1 fully saturated rings. The van der Waals surface area contributed by atoms with Crippen molar-refractivity contribution in [3.05, 3.63) is 70.6 Å². The summed E-state index contributed by atoms with van der Waals surface area (Å²) < 4.78 is 2.97. The van der Waals surface area contributed by atoms with Crippen molar-refractivity contribution in [3.63, 3.8) is 0 Å². The summed E-state index contributed by atoms with van der Waals surface area (Å²) in [4.78, 5) is 44.0. The molecule has 5 rings (SSSR count). The zero-order valence-electron chi connectivity index (χ0n) is 20.1. The van der Waals surface area contributed by atoms with E-state index in [1.54, 1.807) is 14.4 Å². The van der Waals surface area contributed by atoms with Crippen molar-refractivity contribution in [3.8, 4) is 0 Å². The first-order chi connectivity index (χ1) is 17.0. The molecule has 0 unspecified atom stereocenters. The number of piperidine rings is 1. The van der Waals surface area contributed by atoms with Crippen LogP contribution in [0, 0.1) is 0 Å². The quantitative estimate of drug-likeness (QED) is 0.446. The van der Waals surface area contributed by atoms with Gasteiger partial charge in [0, 0.05) is 48.7 Å². The second-order valence-electron chi connectivity index (χ2n) is 8.94. The molecule has 0 atom stereocenters. The molecule has 8 heteroatoms. The highest BCUT2D eigenvalue weighted by Gasteiger charge is 2.27. The normalized spacial score (nSPS) is 13.9. The molecule has 0 aliphatic carbocycles. The average molecular weight is 472 g/mol. The second-order valence-corrected chi connectivity index (χ2v) is 8.94. The van der Waals surface area contributed by atoms with Crippen LogP contribution < -0.4 is 10.5 Å². The number of likely N-dealkylation sites (tertiary alicyclic amines) is 1. The lowest BCUT2D eigenvalue weighted by atomic mass is 10.1. The Kier molecular flexibility index (Phi) is 6.11. The van der Waals surface area contributed by atoms with Gasteiger partial charge in [0.15, 0.2) is 5.69 Å². The summed E-state index contributed by atoms with van der Waals surface area (Å²) in [5.74, 6) is -0.453. The Bertz CT molecular complexity index is 1470. The maximum Gasteiger partial charge on any atom is 0.291 e. The number of para-hydroxylation sites is 2. The van der Waals surface area contributed by atoms with Crippen molar-refractivity contribution in [2.75, 3.05) is 24.5 Å². The molecule has 8 nitrogen and oxygen atoms in total. The third kappa shape index (κ3) is 3.99. The molecule has 2 aromatic heterocycles. The highest BCUT2D eigenvalue weighted by molar-refractivity contribution is 6.20. The first-order valence-electron chi connectivity index (χ1n) is 12.1. The number of hydrogen-bond acceptors (Lipinski definition) is 4. The Morgan fingerprint density at radius 2 is 1.66 bits per heavy atom. The Morgan fingerprint density at radius 3 is 2.37 bits per heavy atom. The van der Waals surface area contributed by atoms with Crippen LogP contribution in [-0.4, -0.2) is 50.7 Å². The van der Waals surface area contributed by atoms with Gasteiger partial charge in [-0.1, -0.05) is 36.4 Å². The number of hydrogen-bond donors (Lipinski definition) is 0. The van der Waals surface area contributed by atoms with Crippen molar-refractivity contribution in [2.24, 2.45) is 7.05 Å². The van der Waals surface area contributed by atoms with Crippen LogP contribution in [0.25, 0.3) is 21.8 Å². The van der Waals surface area contributed by atoms with Crippen LogP contribution in [0.4, 0.5) is 5.69 Å². The minimum atomic E-state index is -0.372. The van der Waals surface area contributed by atoms with E-state index in [1.165, 1.54) is 4.68 Å². The van der Waals surface area contributed by atoms with Gasteiger partial charge in [-0.2, -0.15) is 5.10 Å². The summed E-state index contributed by atoms with van der Waals surface area (Å²) in [6.45, 7) is 3.53. The maximum absolute atomic E-state index is 13.9. The predicted molar refractivity (Wildman–Crippen MR) is 137 cm³/mol. The van der Waals surface area contributed by atoms with E-state index in [0.29, 0.717) is 30.5 Å². The fourth-order valence-electron chi connectivity index (χ4n) is 5.03. The molecule has 0 saturated carbocycles. The third-order valence-electron chi connectivity index (χ3n) is 6.83. The summed E-state index contributed by atoms with van der Waals surface area (Å²) in [6, 6.07) is 17.0. The van der Waals surface area contributed by atoms with E-state index in [-0.39, 0.29) is 29.6 Å². The van der Waals surface area contributed by atoms with Crippen molar-refractivity contribution < 1.29 is 9.59 Å². The van der Waals surface area contributed by atoms with Crippen molar-refractivity contribution in [1.82, 2.24) is 19.2 Å². The molecule has 1 aliphatic heterocycles. The fourth-order valence-corrected chi connectivity index (χ4v) is 5.03. The maximum atomic E-state index is 13.9. The molecule has 0 N–H and O–H groups in total. The Labute approximate surface area is 203 Å². The Balaban J connectivity index is 1.70. The number of rotatable bonds is 5. The molecule has 0 bridgehead atoms. The molecular formula is C27H29N5O3. The summed E-state index contributed by atoms with van der Waals surface area (Å²) >= 11 is 0. The largest absolute Gasteiger partial charge is 0.341 e. The number of amides is 2. The fraction of sp³-hybridized carbons (Fsp3) is 0.333. The van der Waals surface area contributed by atoms with Gasteiger partial charge in [-0.15, -0.1) is 0 Å². The van der Waals surface area contributed by atoms with Gasteiger partial charge in [-0.05, 0) is 44.4 Å². The van der Waals surface area contributed by atoms with Gasteiger partial charge in [0.25, 0.3) is 11.5 Å². The summed E-state index contributed by atoms with van der Waals surface area (Å²) in [5.41, 5.74) is 1.76. The van der Waals surface area contributed by atoms with Crippen LogP contribution in [0.3, 0.4) is 0 Å². The number of anilines is 1. The minimum absolute atomic E-state index is 0.147. The minimum Gasteiger partial charge on any atom is -0.341 e. The van der Waals surface area contributed by atoms with E-state index in [1.807, 2.05) is 68.6 Å². The zero-order chi connectivity index (χ0) is 24.5. The number of nitrogens with zero attached hydrogens (tertiary/aromatic N) is 5. The van der Waals surface area contributed by atoms with E-state index < -0.39 is 0 Å². The molecule has 0 radical (unpaired) electrons. The van der Waals surface area contributed by atoms with Crippen LogP contribution >= 0.6 is 0 Å². The number of carbonyl (C=O) groups excluding carboxylic acids is 2. The standard InChI is InChI=1S/C27H29N5O3/c1-3-31(19-12-6-4-7-13-19)26(34)24-23-20-14-8-9-15-21(20)29(2)25(23)27(35)32(28-24)18-22(33)30-16-10-5-11-17-30/h4,6-9,12-15H,3,5,10-11,16-18H2,1-2H3. The van der Waals surface area contributed by atoms with Gasteiger partial charge in [-0.3, -0.25) is 14.4 Å². The Morgan fingerprint density at radius 1 is 0.971 bits per heavy atom. The second kappa shape index (κ2) is 9.37. The molecule has 4 aromatic rings. The molecule has 2 amide bonds. The van der Waals surface area contributed by atoms with E-state index in [0.717, 1.165) is 35.9 Å². The highest BCUT2D eigenvalue weighted by Crippen LogP contribution is 2.29. The van der Waals surface area contributed by atoms with E-state index in [9.17, 15) is 14.4 Å². The van der Waals surface area contributed by atoms with Crippen molar-refractivity contribution >= 4 is 39.3 Å². The molecule has 1 saturated heterocycles. The number of fused-ring (bicyclic) bond motifs is 3. The number of aromatic nitrogens is 3. The zero-order valence-corrected chi connectivity index (χ0v) is 20.1. The van der Waals surface area contributed by atoms with E-state index >= 15 is 0 Å².